The molecule has 7 nitrogen and oxygen atoms in total. The molecule has 0 aliphatic carbocycles. The van der Waals surface area contributed by atoms with Crippen LogP contribution in [0.5, 0.6) is 11.5 Å². The van der Waals surface area contributed by atoms with Crippen molar-refractivity contribution in [3.05, 3.63) is 78.4 Å². The predicted octanol–water partition coefficient (Wildman–Crippen LogP) is 4.46. The minimum absolute atomic E-state index is 0.0756. The van der Waals surface area contributed by atoms with Crippen LogP contribution >= 0.6 is 0 Å². The zero-order chi connectivity index (χ0) is 23.1. The van der Waals surface area contributed by atoms with Crippen molar-refractivity contribution in [3.8, 4) is 11.5 Å². The molecule has 0 fully saturated rings. The molecule has 0 saturated heterocycles. The first-order valence-corrected chi connectivity index (χ1v) is 11.6. The molecule has 0 bridgehead atoms. The van der Waals surface area contributed by atoms with E-state index in [-0.39, 0.29) is 10.8 Å². The van der Waals surface area contributed by atoms with Crippen LogP contribution in [0.15, 0.2) is 77.7 Å². The van der Waals surface area contributed by atoms with Gasteiger partial charge in [0.2, 0.25) is 0 Å². The van der Waals surface area contributed by atoms with E-state index < -0.39 is 16.1 Å². The molecule has 2 N–H and O–H groups in total. The smallest absolute Gasteiger partial charge is 0.265 e. The Balaban J connectivity index is 1.60. The number of carbonyl (C=O) groups is 1. The summed E-state index contributed by atoms with van der Waals surface area (Å²) >= 11 is 0. The van der Waals surface area contributed by atoms with Crippen LogP contribution in [0.25, 0.3) is 0 Å². The number of nitrogens with one attached hydrogen (secondary N) is 2. The molecule has 0 saturated carbocycles. The fourth-order valence-electron chi connectivity index (χ4n) is 2.90. The summed E-state index contributed by atoms with van der Waals surface area (Å²) in [5, 5.41) is 2.73. The number of rotatable bonds is 9. The van der Waals surface area contributed by atoms with Crippen LogP contribution in [0.1, 0.15) is 19.4 Å². The Labute approximate surface area is 188 Å². The number of anilines is 2. The second kappa shape index (κ2) is 10.2. The second-order valence-corrected chi connectivity index (χ2v) is 8.79. The first-order valence-electron chi connectivity index (χ1n) is 10.1. The highest BCUT2D eigenvalue weighted by atomic mass is 32.2. The summed E-state index contributed by atoms with van der Waals surface area (Å²) in [6.07, 6.45) is 0.208. The van der Waals surface area contributed by atoms with Crippen molar-refractivity contribution in [2.75, 3.05) is 17.1 Å². The van der Waals surface area contributed by atoms with Crippen LogP contribution in [0.4, 0.5) is 11.4 Å². The van der Waals surface area contributed by atoms with Crippen LogP contribution in [-0.2, 0) is 21.2 Å². The normalized spacial score (nSPS) is 12.0. The van der Waals surface area contributed by atoms with Gasteiger partial charge in [-0.25, -0.2) is 8.42 Å². The van der Waals surface area contributed by atoms with E-state index in [1.807, 2.05) is 24.3 Å². The van der Waals surface area contributed by atoms with Gasteiger partial charge in [0.1, 0.15) is 11.5 Å². The van der Waals surface area contributed by atoms with E-state index >= 15 is 0 Å². The van der Waals surface area contributed by atoms with Gasteiger partial charge in [-0.05, 0) is 79.6 Å². The van der Waals surface area contributed by atoms with Crippen LogP contribution in [-0.4, -0.2) is 27.5 Å². The minimum atomic E-state index is -3.77. The summed E-state index contributed by atoms with van der Waals surface area (Å²) in [7, 11) is -2.23. The fraction of sp³-hybridized carbons (Fsp3) is 0.208. The topological polar surface area (TPSA) is 93.7 Å². The van der Waals surface area contributed by atoms with Crippen molar-refractivity contribution < 1.29 is 22.7 Å². The highest BCUT2D eigenvalue weighted by molar-refractivity contribution is 7.92. The van der Waals surface area contributed by atoms with Gasteiger partial charge in [-0.15, -0.1) is 0 Å². The quantitative estimate of drug-likeness (QED) is 0.498. The van der Waals surface area contributed by atoms with Gasteiger partial charge < -0.3 is 14.8 Å². The van der Waals surface area contributed by atoms with Crippen LogP contribution < -0.4 is 19.5 Å². The number of ether oxygens (including phenoxy) is 2. The van der Waals surface area contributed by atoms with Gasteiger partial charge in [0.25, 0.3) is 15.9 Å². The summed E-state index contributed by atoms with van der Waals surface area (Å²) in [5.41, 5.74) is 2.07. The summed E-state index contributed by atoms with van der Waals surface area (Å²) in [4.78, 5) is 12.5. The lowest BCUT2D eigenvalue weighted by molar-refractivity contribution is -0.122. The third-order valence-electron chi connectivity index (χ3n) is 4.79. The number of carbonyl (C=O) groups excluding carboxylic acids is 1. The Morgan fingerprint density at radius 2 is 1.44 bits per heavy atom. The van der Waals surface area contributed by atoms with Gasteiger partial charge in [0.05, 0.1) is 12.0 Å². The van der Waals surface area contributed by atoms with E-state index in [2.05, 4.69) is 17.0 Å². The largest absolute Gasteiger partial charge is 0.497 e. The summed E-state index contributed by atoms with van der Waals surface area (Å²) in [5.74, 6) is 0.900. The predicted molar refractivity (Wildman–Crippen MR) is 125 cm³/mol. The van der Waals surface area contributed by atoms with Crippen molar-refractivity contribution >= 4 is 27.3 Å². The van der Waals surface area contributed by atoms with E-state index in [9.17, 15) is 13.2 Å². The average Bonchev–Trinajstić information content (AvgIpc) is 2.80. The number of methoxy groups -OCH3 is 1. The SMILES string of the molecule is CCc1ccc(OC(C)C(=O)Nc2ccc(S(=O)(=O)Nc3ccc(OC)cc3)cc2)cc1. The third-order valence-corrected chi connectivity index (χ3v) is 6.19. The lowest BCUT2D eigenvalue weighted by Crippen LogP contribution is -2.30. The van der Waals surface area contributed by atoms with Crippen LogP contribution in [0, 0.1) is 0 Å². The number of sulfonamides is 1. The molecule has 8 heteroatoms. The Kier molecular flexibility index (Phi) is 7.37. The monoisotopic (exact) mass is 454 g/mol. The van der Waals surface area contributed by atoms with E-state index in [1.165, 1.54) is 36.9 Å². The highest BCUT2D eigenvalue weighted by Gasteiger charge is 2.17. The van der Waals surface area contributed by atoms with E-state index in [0.29, 0.717) is 22.9 Å². The van der Waals surface area contributed by atoms with Gasteiger partial charge in [-0.3, -0.25) is 9.52 Å². The second-order valence-electron chi connectivity index (χ2n) is 7.11. The molecule has 0 radical (unpaired) electrons. The van der Waals surface area contributed by atoms with Crippen molar-refractivity contribution in [1.82, 2.24) is 0 Å². The molecule has 1 unspecified atom stereocenters. The average molecular weight is 455 g/mol. The maximum absolute atomic E-state index is 12.6. The summed E-state index contributed by atoms with van der Waals surface area (Å²) in [6.45, 7) is 3.72. The zero-order valence-electron chi connectivity index (χ0n) is 18.2. The van der Waals surface area contributed by atoms with Gasteiger partial charge in [-0.1, -0.05) is 19.1 Å². The van der Waals surface area contributed by atoms with Crippen molar-refractivity contribution in [1.29, 1.82) is 0 Å². The van der Waals surface area contributed by atoms with E-state index in [4.69, 9.17) is 9.47 Å². The summed E-state index contributed by atoms with van der Waals surface area (Å²) < 4.78 is 38.5. The van der Waals surface area contributed by atoms with Gasteiger partial charge in [0.15, 0.2) is 6.10 Å². The number of benzene rings is 3. The molecular formula is C24H26N2O5S. The number of hydrogen-bond acceptors (Lipinski definition) is 5. The number of amides is 1. The lowest BCUT2D eigenvalue weighted by atomic mass is 10.2. The molecule has 0 aliphatic heterocycles. The molecule has 1 amide bonds. The van der Waals surface area contributed by atoms with E-state index in [1.54, 1.807) is 31.2 Å². The molecule has 0 spiro atoms. The lowest BCUT2D eigenvalue weighted by Gasteiger charge is -2.15. The molecule has 168 valence electrons. The van der Waals surface area contributed by atoms with Crippen LogP contribution in [0.3, 0.4) is 0 Å². The number of aryl methyl sites for hydroxylation is 1. The van der Waals surface area contributed by atoms with Crippen molar-refractivity contribution in [2.24, 2.45) is 0 Å². The van der Waals surface area contributed by atoms with Crippen molar-refractivity contribution in [3.63, 3.8) is 0 Å². The molecule has 0 heterocycles. The van der Waals surface area contributed by atoms with Gasteiger partial charge in [-0.2, -0.15) is 0 Å². The molecule has 0 aromatic heterocycles. The summed E-state index contributed by atoms with van der Waals surface area (Å²) in [6, 6.07) is 20.0. The fourth-order valence-corrected chi connectivity index (χ4v) is 3.95. The maximum atomic E-state index is 12.6. The van der Waals surface area contributed by atoms with Crippen molar-refractivity contribution in [2.45, 2.75) is 31.3 Å². The standard InChI is InChI=1S/C24H26N2O5S/c1-4-18-5-11-22(12-6-18)31-17(2)24(27)25-19-9-15-23(16-10-19)32(28,29)26-20-7-13-21(30-3)14-8-20/h5-17,26H,4H2,1-3H3,(H,25,27). The molecule has 3 rings (SSSR count). The Hall–Kier alpha value is -3.52. The molecule has 0 aliphatic rings. The van der Waals surface area contributed by atoms with Gasteiger partial charge in [0, 0.05) is 11.4 Å². The maximum Gasteiger partial charge on any atom is 0.265 e. The third kappa shape index (κ3) is 6.01. The molecule has 3 aromatic carbocycles. The molecule has 3 aromatic rings. The first kappa shape index (κ1) is 23.1. The molecule has 1 atom stereocenters. The molecular weight excluding hydrogens is 428 g/mol. The minimum Gasteiger partial charge on any atom is -0.497 e. The zero-order valence-corrected chi connectivity index (χ0v) is 19.0. The van der Waals surface area contributed by atoms with Gasteiger partial charge >= 0.3 is 0 Å². The Morgan fingerprint density at radius 3 is 2.00 bits per heavy atom. The molecule has 32 heavy (non-hydrogen) atoms. The first-order chi connectivity index (χ1) is 15.3. The number of hydrogen-bond donors (Lipinski definition) is 2. The Bertz CT molecular complexity index is 1140. The van der Waals surface area contributed by atoms with Crippen LogP contribution in [0.2, 0.25) is 0 Å². The van der Waals surface area contributed by atoms with E-state index in [0.717, 1.165) is 6.42 Å². The highest BCUT2D eigenvalue weighted by Crippen LogP contribution is 2.21. The Morgan fingerprint density at radius 1 is 0.875 bits per heavy atom.